The van der Waals surface area contributed by atoms with Crippen molar-refractivity contribution in [2.75, 3.05) is 4.43 Å². The molecule has 0 spiro atoms. The fourth-order valence-corrected chi connectivity index (χ4v) is 5.03. The number of carbonyl (C=O) groups excluding carboxylic acids is 2. The molecular weight excluding hydrogens is 387 g/mol. The molecule has 0 bridgehead atoms. The molecule has 126 valence electrons. The molecule has 1 atom stereocenters. The predicted molar refractivity (Wildman–Crippen MR) is 88.5 cm³/mol. The molecule has 0 amide bonds. The van der Waals surface area contributed by atoms with Crippen LogP contribution in [0.3, 0.4) is 0 Å². The molecule has 1 aliphatic carbocycles. The number of halogens is 1. The minimum absolute atomic E-state index is 0.246. The predicted octanol–water partition coefficient (Wildman–Crippen LogP) is 1.83. The first-order valence-corrected chi connectivity index (χ1v) is 11.2. The zero-order valence-electron chi connectivity index (χ0n) is 13.7. The van der Waals surface area contributed by atoms with Gasteiger partial charge in [-0.1, -0.05) is 0 Å². The second-order valence-electron chi connectivity index (χ2n) is 6.24. The van der Waals surface area contributed by atoms with Crippen molar-refractivity contribution < 1.29 is 30.8 Å². The molecule has 0 aromatic heterocycles. The fourth-order valence-electron chi connectivity index (χ4n) is 2.91. The second-order valence-corrected chi connectivity index (χ2v) is 9.06. The van der Waals surface area contributed by atoms with Crippen molar-refractivity contribution in [2.45, 2.75) is 70.6 Å². The zero-order chi connectivity index (χ0) is 16.2. The molecule has 1 rings (SSSR count). The van der Waals surface area contributed by atoms with Crippen LogP contribution >= 0.6 is 0 Å². The van der Waals surface area contributed by atoms with Crippen molar-refractivity contribution in [3.05, 3.63) is 24.8 Å². The Kier molecular flexibility index (Phi) is 10.7. The van der Waals surface area contributed by atoms with Gasteiger partial charge in [0.1, 0.15) is 0 Å². The molecule has 0 N–H and O–H groups in total. The number of hydrogen-bond donors (Lipinski definition) is 0. The first-order chi connectivity index (χ1) is 10.6. The Labute approximate surface area is 146 Å². The van der Waals surface area contributed by atoms with Gasteiger partial charge in [0.25, 0.3) is 0 Å². The fraction of sp³-hybridized carbons (Fsp3) is 0.684. The standard InChI is InChI=1S/C19H30IO2/c1-3-16(2)19(22)20-14-9-7-5-4-6-8-11-17-12-10-13-18(21)15-17/h3,17H,1-2,4-15H2/q-1. The number of rotatable bonds is 12. The summed E-state index contributed by atoms with van der Waals surface area (Å²) < 4.78 is 1.32. The first kappa shape index (κ1) is 19.6. The van der Waals surface area contributed by atoms with Crippen molar-refractivity contribution in [1.29, 1.82) is 0 Å². The maximum atomic E-state index is 11.6. The molecule has 0 radical (unpaired) electrons. The van der Waals surface area contributed by atoms with Crippen LogP contribution in [0.25, 0.3) is 0 Å². The van der Waals surface area contributed by atoms with E-state index in [4.69, 9.17) is 0 Å². The molecule has 1 unspecified atom stereocenters. The number of carbonyl (C=O) groups is 2. The van der Waals surface area contributed by atoms with Gasteiger partial charge in [0.2, 0.25) is 0 Å². The van der Waals surface area contributed by atoms with Crippen LogP contribution in [0.4, 0.5) is 0 Å². The van der Waals surface area contributed by atoms with E-state index in [2.05, 4.69) is 13.2 Å². The van der Waals surface area contributed by atoms with Crippen molar-refractivity contribution in [3.8, 4) is 0 Å². The summed E-state index contributed by atoms with van der Waals surface area (Å²) in [6.07, 6.45) is 14.4. The quantitative estimate of drug-likeness (QED) is 0.121. The summed E-state index contributed by atoms with van der Waals surface area (Å²) >= 11 is -0.369. The maximum absolute atomic E-state index is 11.6. The third-order valence-corrected chi connectivity index (χ3v) is 6.98. The number of ketones is 1. The number of unbranched alkanes of at least 4 members (excludes halogenated alkanes) is 5. The molecule has 22 heavy (non-hydrogen) atoms. The third-order valence-electron chi connectivity index (χ3n) is 4.30. The summed E-state index contributed by atoms with van der Waals surface area (Å²) in [6, 6.07) is 0. The number of alkyl halides is 1. The van der Waals surface area contributed by atoms with Crippen LogP contribution in [-0.2, 0) is 9.59 Å². The number of hydrogen-bond acceptors (Lipinski definition) is 2. The van der Waals surface area contributed by atoms with Crippen LogP contribution in [0.1, 0.15) is 70.6 Å². The molecule has 3 heteroatoms. The van der Waals surface area contributed by atoms with Gasteiger partial charge in [-0.3, -0.25) is 0 Å². The van der Waals surface area contributed by atoms with Gasteiger partial charge in [-0.2, -0.15) is 0 Å². The van der Waals surface area contributed by atoms with Gasteiger partial charge >= 0.3 is 146 Å². The molecule has 0 aromatic rings. The average molecular weight is 417 g/mol. The monoisotopic (exact) mass is 417 g/mol. The Morgan fingerprint density at radius 2 is 1.86 bits per heavy atom. The molecule has 1 fully saturated rings. The molecule has 0 saturated heterocycles. The van der Waals surface area contributed by atoms with Gasteiger partial charge in [0.05, 0.1) is 0 Å². The van der Waals surface area contributed by atoms with Gasteiger partial charge in [-0.15, -0.1) is 0 Å². The van der Waals surface area contributed by atoms with E-state index >= 15 is 0 Å². The second kappa shape index (κ2) is 12.0. The first-order valence-electron chi connectivity index (χ1n) is 8.60. The van der Waals surface area contributed by atoms with E-state index in [0.29, 0.717) is 17.3 Å². The Hall–Kier alpha value is -0.450. The van der Waals surface area contributed by atoms with Gasteiger partial charge in [-0.05, 0) is 0 Å². The van der Waals surface area contributed by atoms with Crippen molar-refractivity contribution in [1.82, 2.24) is 0 Å². The van der Waals surface area contributed by atoms with Crippen molar-refractivity contribution in [3.63, 3.8) is 0 Å². The Bertz CT molecular complexity index is 387. The molecular formula is C19H30IO2-. The van der Waals surface area contributed by atoms with Crippen LogP contribution in [0.5, 0.6) is 0 Å². The topological polar surface area (TPSA) is 34.1 Å². The molecule has 0 heterocycles. The summed E-state index contributed by atoms with van der Waals surface area (Å²) in [5, 5.41) is 0. The van der Waals surface area contributed by atoms with Crippen LogP contribution in [0.2, 0.25) is 0 Å². The molecule has 1 saturated carbocycles. The summed E-state index contributed by atoms with van der Waals surface area (Å²) in [5.41, 5.74) is 0.592. The normalized spacial score (nSPS) is 18.4. The summed E-state index contributed by atoms with van der Waals surface area (Å²) in [4.78, 5) is 23.0. The Morgan fingerprint density at radius 1 is 1.18 bits per heavy atom. The van der Waals surface area contributed by atoms with Crippen molar-refractivity contribution in [2.24, 2.45) is 5.92 Å². The molecule has 0 aliphatic heterocycles. The number of allylic oxidation sites excluding steroid dienone is 2. The SMILES string of the molecule is C=CC(=C)C(=O)[I-]CCCCCCCCC1CCCC(=O)C1. The van der Waals surface area contributed by atoms with Gasteiger partial charge < -0.3 is 0 Å². The number of Topliss-reactive ketones (excluding diaryl/α,β-unsaturated/α-hetero) is 1. The van der Waals surface area contributed by atoms with Gasteiger partial charge in [-0.25, -0.2) is 0 Å². The summed E-state index contributed by atoms with van der Waals surface area (Å²) in [6.45, 7) is 7.29. The third kappa shape index (κ3) is 8.86. The van der Waals surface area contributed by atoms with E-state index in [1.54, 1.807) is 6.08 Å². The average Bonchev–Trinajstić information content (AvgIpc) is 2.52. The van der Waals surface area contributed by atoms with Crippen LogP contribution in [0.15, 0.2) is 24.8 Å². The van der Waals surface area contributed by atoms with Gasteiger partial charge in [0.15, 0.2) is 0 Å². The van der Waals surface area contributed by atoms with Crippen LogP contribution in [-0.4, -0.2) is 14.0 Å². The molecule has 0 aromatic carbocycles. The Morgan fingerprint density at radius 3 is 2.55 bits per heavy atom. The minimum atomic E-state index is -0.369. The van der Waals surface area contributed by atoms with Gasteiger partial charge in [0, 0.05) is 0 Å². The van der Waals surface area contributed by atoms with Crippen LogP contribution in [0, 0.1) is 5.92 Å². The zero-order valence-corrected chi connectivity index (χ0v) is 15.9. The van der Waals surface area contributed by atoms with E-state index in [-0.39, 0.29) is 25.0 Å². The summed E-state index contributed by atoms with van der Waals surface area (Å²) in [5.74, 6) is 1.16. The van der Waals surface area contributed by atoms with E-state index in [1.807, 2.05) is 0 Å². The summed E-state index contributed by atoms with van der Waals surface area (Å²) in [7, 11) is 0. The van der Waals surface area contributed by atoms with E-state index < -0.39 is 0 Å². The van der Waals surface area contributed by atoms with Crippen molar-refractivity contribution >= 4 is 9.57 Å². The Balaban J connectivity index is 1.87. The molecule has 2 nitrogen and oxygen atoms in total. The van der Waals surface area contributed by atoms with E-state index in [1.165, 1.54) is 51.4 Å². The van der Waals surface area contributed by atoms with E-state index in [9.17, 15) is 9.59 Å². The van der Waals surface area contributed by atoms with Crippen LogP contribution < -0.4 is 21.2 Å². The van der Waals surface area contributed by atoms with E-state index in [0.717, 1.165) is 23.7 Å². The molecule has 1 aliphatic rings.